The normalized spacial score (nSPS) is 18.5. The third-order valence-electron chi connectivity index (χ3n) is 4.19. The minimum Gasteiger partial charge on any atom is -0.397 e. The van der Waals surface area contributed by atoms with Crippen LogP contribution in [-0.2, 0) is 10.0 Å². The number of nitrogens with one attached hydrogen (secondary N) is 1. The van der Waals surface area contributed by atoms with Crippen LogP contribution < -0.4 is 10.5 Å². The summed E-state index contributed by atoms with van der Waals surface area (Å²) >= 11 is 1.23. The van der Waals surface area contributed by atoms with E-state index in [9.17, 15) is 13.2 Å². The Kier molecular flexibility index (Phi) is 4.22. The number of rotatable bonds is 3. The van der Waals surface area contributed by atoms with Crippen molar-refractivity contribution in [3.8, 4) is 0 Å². The number of hydrogen-bond donors (Lipinski definition) is 2. The average molecular weight is 369 g/mol. The Morgan fingerprint density at radius 2 is 2.08 bits per heavy atom. The maximum atomic E-state index is 12.8. The number of thiophene rings is 1. The van der Waals surface area contributed by atoms with Crippen LogP contribution >= 0.6 is 11.3 Å². The van der Waals surface area contributed by atoms with Crippen LogP contribution in [0.3, 0.4) is 0 Å². The molecule has 130 valence electrons. The predicted octanol–water partition coefficient (Wildman–Crippen LogP) is 0.654. The molecular weight excluding hydrogens is 350 g/mol. The molecule has 2 aromatic rings. The van der Waals surface area contributed by atoms with Gasteiger partial charge in [0.05, 0.1) is 17.6 Å². The highest BCUT2D eigenvalue weighted by atomic mass is 32.2. The fraction of sp³-hybridized carbons (Fsp3) is 0.500. The summed E-state index contributed by atoms with van der Waals surface area (Å²) in [6, 6.07) is -0.261. The monoisotopic (exact) mass is 369 g/mol. The molecule has 3 N–H and O–H groups in total. The predicted molar refractivity (Wildman–Crippen MR) is 93.6 cm³/mol. The van der Waals surface area contributed by atoms with Crippen LogP contribution in [0.25, 0.3) is 10.2 Å². The molecule has 2 aromatic heterocycles. The van der Waals surface area contributed by atoms with Crippen LogP contribution in [0.5, 0.6) is 0 Å². The number of amides is 1. The van der Waals surface area contributed by atoms with Gasteiger partial charge in [-0.05, 0) is 25.8 Å². The number of nitrogens with two attached hydrogens (primary N) is 1. The van der Waals surface area contributed by atoms with E-state index >= 15 is 0 Å². The van der Waals surface area contributed by atoms with Crippen molar-refractivity contribution >= 4 is 43.2 Å². The molecular formula is C14H19N5O3S2. The van der Waals surface area contributed by atoms with Gasteiger partial charge >= 0.3 is 0 Å². The lowest BCUT2D eigenvalue weighted by Gasteiger charge is -2.16. The van der Waals surface area contributed by atoms with E-state index in [0.717, 1.165) is 22.9 Å². The fourth-order valence-corrected chi connectivity index (χ4v) is 4.75. The number of carbonyl (C=O) groups is 1. The lowest BCUT2D eigenvalue weighted by Crippen LogP contribution is -2.37. The van der Waals surface area contributed by atoms with E-state index in [4.69, 9.17) is 5.73 Å². The van der Waals surface area contributed by atoms with E-state index in [2.05, 4.69) is 14.9 Å². The second-order valence-corrected chi connectivity index (χ2v) is 8.84. The Morgan fingerprint density at radius 3 is 2.75 bits per heavy atom. The third kappa shape index (κ3) is 3.08. The van der Waals surface area contributed by atoms with Crippen molar-refractivity contribution in [1.82, 2.24) is 19.8 Å². The summed E-state index contributed by atoms with van der Waals surface area (Å²) < 4.78 is 25.2. The second-order valence-electron chi connectivity index (χ2n) is 6.06. The van der Waals surface area contributed by atoms with Gasteiger partial charge in [0.1, 0.15) is 9.71 Å². The van der Waals surface area contributed by atoms with Gasteiger partial charge in [0.25, 0.3) is 5.91 Å². The Morgan fingerprint density at radius 1 is 1.38 bits per heavy atom. The van der Waals surface area contributed by atoms with E-state index in [1.54, 1.807) is 4.90 Å². The van der Waals surface area contributed by atoms with Gasteiger partial charge in [0.15, 0.2) is 0 Å². The Balaban J connectivity index is 1.88. The Labute approximate surface area is 144 Å². The highest BCUT2D eigenvalue weighted by molar-refractivity contribution is 7.88. The summed E-state index contributed by atoms with van der Waals surface area (Å²) in [7, 11) is -3.29. The maximum absolute atomic E-state index is 12.8. The molecule has 1 amide bonds. The van der Waals surface area contributed by atoms with E-state index in [1.807, 2.05) is 13.8 Å². The molecule has 1 fully saturated rings. The molecule has 0 bridgehead atoms. The van der Waals surface area contributed by atoms with Gasteiger partial charge in [0.2, 0.25) is 10.0 Å². The molecule has 1 saturated heterocycles. The van der Waals surface area contributed by atoms with Crippen LogP contribution in [0.15, 0.2) is 0 Å². The van der Waals surface area contributed by atoms with Crippen molar-refractivity contribution in [2.24, 2.45) is 0 Å². The van der Waals surface area contributed by atoms with E-state index in [-0.39, 0.29) is 11.9 Å². The summed E-state index contributed by atoms with van der Waals surface area (Å²) in [4.78, 5) is 15.5. The second kappa shape index (κ2) is 5.94. The van der Waals surface area contributed by atoms with Crippen LogP contribution in [0, 0.1) is 13.8 Å². The van der Waals surface area contributed by atoms with Gasteiger partial charge in [-0.25, -0.2) is 13.1 Å². The quantitative estimate of drug-likeness (QED) is 0.820. The fourth-order valence-electron chi connectivity index (χ4n) is 2.89. The zero-order valence-electron chi connectivity index (χ0n) is 13.7. The van der Waals surface area contributed by atoms with Gasteiger partial charge in [0, 0.05) is 24.5 Å². The van der Waals surface area contributed by atoms with Gasteiger partial charge < -0.3 is 10.6 Å². The molecule has 1 aliphatic heterocycles. The summed E-state index contributed by atoms with van der Waals surface area (Å²) in [5, 5.41) is 8.97. The van der Waals surface area contributed by atoms with Crippen molar-refractivity contribution in [1.29, 1.82) is 0 Å². The molecule has 8 nitrogen and oxygen atoms in total. The number of aryl methyl sites for hydroxylation is 2. The highest BCUT2D eigenvalue weighted by Gasteiger charge is 2.31. The molecule has 10 heteroatoms. The van der Waals surface area contributed by atoms with Crippen molar-refractivity contribution < 1.29 is 13.2 Å². The van der Waals surface area contributed by atoms with Gasteiger partial charge in [-0.1, -0.05) is 0 Å². The molecule has 0 radical (unpaired) electrons. The molecule has 0 spiro atoms. The van der Waals surface area contributed by atoms with Gasteiger partial charge in [-0.2, -0.15) is 5.10 Å². The maximum Gasteiger partial charge on any atom is 0.266 e. The molecule has 0 aliphatic carbocycles. The van der Waals surface area contributed by atoms with Gasteiger partial charge in [-0.15, -0.1) is 16.4 Å². The zero-order chi connectivity index (χ0) is 17.6. The summed E-state index contributed by atoms with van der Waals surface area (Å²) in [6.07, 6.45) is 1.70. The molecule has 3 rings (SSSR count). The zero-order valence-corrected chi connectivity index (χ0v) is 15.3. The Bertz CT molecular complexity index is 922. The summed E-state index contributed by atoms with van der Waals surface area (Å²) in [6.45, 7) is 4.58. The lowest BCUT2D eigenvalue weighted by molar-refractivity contribution is 0.0796. The Hall–Kier alpha value is -1.78. The SMILES string of the molecule is Cc1nnc2sc(C(=O)N3CCC(NS(C)(=O)=O)C3)c(N)c2c1C. The van der Waals surface area contributed by atoms with Crippen LogP contribution in [-0.4, -0.2) is 54.8 Å². The van der Waals surface area contributed by atoms with Crippen molar-refractivity contribution in [2.45, 2.75) is 26.3 Å². The molecule has 0 saturated carbocycles. The number of aromatic nitrogens is 2. The van der Waals surface area contributed by atoms with Crippen LogP contribution in [0.4, 0.5) is 5.69 Å². The lowest BCUT2D eigenvalue weighted by atomic mass is 10.1. The van der Waals surface area contributed by atoms with E-state index in [0.29, 0.717) is 34.9 Å². The summed E-state index contributed by atoms with van der Waals surface area (Å²) in [5.74, 6) is -0.189. The van der Waals surface area contributed by atoms with Crippen molar-refractivity contribution in [2.75, 3.05) is 25.1 Å². The number of nitrogens with zero attached hydrogens (tertiary/aromatic N) is 3. The first-order valence-corrected chi connectivity index (χ1v) is 10.2. The molecule has 24 heavy (non-hydrogen) atoms. The minimum atomic E-state index is -3.29. The van der Waals surface area contributed by atoms with Gasteiger partial charge in [-0.3, -0.25) is 4.79 Å². The van der Waals surface area contributed by atoms with Crippen LogP contribution in [0.1, 0.15) is 27.3 Å². The van der Waals surface area contributed by atoms with Crippen molar-refractivity contribution in [3.05, 3.63) is 16.1 Å². The first kappa shape index (κ1) is 17.1. The number of fused-ring (bicyclic) bond motifs is 1. The molecule has 1 atom stereocenters. The smallest absolute Gasteiger partial charge is 0.266 e. The molecule has 1 unspecified atom stereocenters. The van der Waals surface area contributed by atoms with E-state index < -0.39 is 10.0 Å². The number of nitrogen functional groups attached to an aromatic ring is 1. The number of sulfonamides is 1. The van der Waals surface area contributed by atoms with E-state index in [1.165, 1.54) is 11.3 Å². The topological polar surface area (TPSA) is 118 Å². The highest BCUT2D eigenvalue weighted by Crippen LogP contribution is 2.36. The number of carbonyl (C=O) groups excluding carboxylic acids is 1. The first-order valence-electron chi connectivity index (χ1n) is 7.46. The third-order valence-corrected chi connectivity index (χ3v) is 6.02. The molecule has 3 heterocycles. The minimum absolute atomic E-state index is 0.189. The van der Waals surface area contributed by atoms with Crippen molar-refractivity contribution in [3.63, 3.8) is 0 Å². The average Bonchev–Trinajstić information content (AvgIpc) is 3.06. The van der Waals surface area contributed by atoms with Crippen LogP contribution in [0.2, 0.25) is 0 Å². The largest absolute Gasteiger partial charge is 0.397 e. The standard InChI is InChI=1S/C14H19N5O3S2/c1-7-8(2)16-17-13-10(7)11(15)12(23-13)14(20)19-5-4-9(6-19)18-24(3,21)22/h9,18H,4-6,15H2,1-3H3. The first-order chi connectivity index (χ1) is 11.2. The summed E-state index contributed by atoms with van der Waals surface area (Å²) in [5.41, 5.74) is 8.33. The molecule has 0 aromatic carbocycles. The number of hydrogen-bond acceptors (Lipinski definition) is 7. The number of likely N-dealkylation sites (tertiary alicyclic amines) is 1. The number of anilines is 1. The molecule has 1 aliphatic rings.